The second-order valence-corrected chi connectivity index (χ2v) is 6.80. The molecule has 0 saturated carbocycles. The van der Waals surface area contributed by atoms with Crippen LogP contribution in [0.15, 0.2) is 41.8 Å². The number of nitrogens with one attached hydrogen (secondary N) is 1. The molecule has 1 unspecified atom stereocenters. The summed E-state index contributed by atoms with van der Waals surface area (Å²) >= 11 is 1.71. The van der Waals surface area contributed by atoms with Crippen molar-refractivity contribution in [3.8, 4) is 0 Å². The van der Waals surface area contributed by atoms with Gasteiger partial charge in [-0.25, -0.2) is 4.39 Å². The van der Waals surface area contributed by atoms with Gasteiger partial charge in [0.05, 0.1) is 11.6 Å². The zero-order valence-corrected chi connectivity index (χ0v) is 13.8. The van der Waals surface area contributed by atoms with Crippen molar-refractivity contribution in [2.45, 2.75) is 25.3 Å². The molecule has 1 aliphatic rings. The molecule has 3 nitrogen and oxygen atoms in total. The number of amides is 1. The summed E-state index contributed by atoms with van der Waals surface area (Å²) in [6.07, 6.45) is 3.67. The van der Waals surface area contributed by atoms with Gasteiger partial charge in [0.25, 0.3) is 5.91 Å². The Morgan fingerprint density at radius 3 is 2.65 bits per heavy atom. The second-order valence-electron chi connectivity index (χ2n) is 5.82. The molecule has 1 atom stereocenters. The van der Waals surface area contributed by atoms with E-state index >= 15 is 0 Å². The van der Waals surface area contributed by atoms with Gasteiger partial charge < -0.3 is 5.32 Å². The third-order valence-corrected chi connectivity index (χ3v) is 5.25. The average molecular weight is 332 g/mol. The van der Waals surface area contributed by atoms with Crippen LogP contribution in [0, 0.1) is 5.82 Å². The summed E-state index contributed by atoms with van der Waals surface area (Å²) in [4.78, 5) is 15.9. The molecule has 1 amide bonds. The molecule has 0 aliphatic carbocycles. The van der Waals surface area contributed by atoms with Crippen LogP contribution in [0.5, 0.6) is 0 Å². The van der Waals surface area contributed by atoms with E-state index in [9.17, 15) is 9.18 Å². The van der Waals surface area contributed by atoms with Crippen LogP contribution < -0.4 is 5.32 Å². The fourth-order valence-electron chi connectivity index (χ4n) is 3.05. The molecule has 1 fully saturated rings. The Balaban J connectivity index is 1.69. The summed E-state index contributed by atoms with van der Waals surface area (Å²) in [7, 11) is 0. The van der Waals surface area contributed by atoms with Gasteiger partial charge in [-0.1, -0.05) is 24.6 Å². The Kier molecular flexibility index (Phi) is 5.41. The number of carbonyl (C=O) groups excluding carboxylic acids is 1. The third kappa shape index (κ3) is 3.98. The van der Waals surface area contributed by atoms with Gasteiger partial charge in [0.15, 0.2) is 0 Å². The van der Waals surface area contributed by atoms with Gasteiger partial charge in [0.2, 0.25) is 0 Å². The number of hydrogen-bond acceptors (Lipinski definition) is 3. The minimum absolute atomic E-state index is 0.107. The Morgan fingerprint density at radius 1 is 1.17 bits per heavy atom. The Morgan fingerprint density at radius 2 is 1.96 bits per heavy atom. The number of rotatable bonds is 5. The second kappa shape index (κ2) is 7.70. The summed E-state index contributed by atoms with van der Waals surface area (Å²) in [6.45, 7) is 2.62. The van der Waals surface area contributed by atoms with Crippen molar-refractivity contribution in [1.82, 2.24) is 10.2 Å². The summed E-state index contributed by atoms with van der Waals surface area (Å²) in [5.41, 5.74) is 0.107. The molecular formula is C18H21FN2OS. The Bertz CT molecular complexity index is 638. The van der Waals surface area contributed by atoms with Crippen LogP contribution in [0.2, 0.25) is 0 Å². The highest BCUT2D eigenvalue weighted by Gasteiger charge is 2.24. The average Bonchev–Trinajstić information content (AvgIpc) is 3.10. The van der Waals surface area contributed by atoms with Crippen LogP contribution in [0.25, 0.3) is 0 Å². The van der Waals surface area contributed by atoms with E-state index in [1.807, 2.05) is 6.07 Å². The predicted molar refractivity (Wildman–Crippen MR) is 91.2 cm³/mol. The fourth-order valence-corrected chi connectivity index (χ4v) is 3.91. The number of nitrogens with zero attached hydrogens (tertiary/aromatic N) is 1. The lowest BCUT2D eigenvalue weighted by molar-refractivity contribution is 0.0921. The first-order chi connectivity index (χ1) is 11.3. The zero-order chi connectivity index (χ0) is 16.1. The number of benzene rings is 1. The smallest absolute Gasteiger partial charge is 0.254 e. The molecule has 23 heavy (non-hydrogen) atoms. The SMILES string of the molecule is O=C(NCC(c1cccs1)N1CCCCC1)c1ccccc1F. The van der Waals surface area contributed by atoms with Crippen molar-refractivity contribution >= 4 is 17.2 Å². The first-order valence-corrected chi connectivity index (χ1v) is 8.94. The van der Waals surface area contributed by atoms with E-state index in [2.05, 4.69) is 21.7 Å². The van der Waals surface area contributed by atoms with Crippen molar-refractivity contribution < 1.29 is 9.18 Å². The first-order valence-electron chi connectivity index (χ1n) is 8.06. The van der Waals surface area contributed by atoms with Crippen LogP contribution in [0.1, 0.15) is 40.5 Å². The van der Waals surface area contributed by atoms with Crippen LogP contribution in [0.3, 0.4) is 0 Å². The number of likely N-dealkylation sites (tertiary alicyclic amines) is 1. The van der Waals surface area contributed by atoms with Gasteiger partial charge in [0.1, 0.15) is 5.82 Å². The van der Waals surface area contributed by atoms with Gasteiger partial charge in [-0.2, -0.15) is 0 Å². The van der Waals surface area contributed by atoms with Gasteiger partial charge in [-0.15, -0.1) is 11.3 Å². The van der Waals surface area contributed by atoms with Gasteiger partial charge in [-0.05, 0) is 49.5 Å². The highest BCUT2D eigenvalue weighted by Crippen LogP contribution is 2.27. The lowest BCUT2D eigenvalue weighted by Gasteiger charge is -2.34. The largest absolute Gasteiger partial charge is 0.350 e. The maximum Gasteiger partial charge on any atom is 0.254 e. The molecule has 3 rings (SSSR count). The summed E-state index contributed by atoms with van der Waals surface area (Å²) < 4.78 is 13.7. The molecule has 2 heterocycles. The number of carbonyl (C=O) groups is 1. The van der Waals surface area contributed by atoms with Crippen molar-refractivity contribution in [3.05, 3.63) is 58.0 Å². The molecule has 0 radical (unpaired) electrons. The zero-order valence-electron chi connectivity index (χ0n) is 13.0. The number of thiophene rings is 1. The molecule has 1 aromatic heterocycles. The van der Waals surface area contributed by atoms with Crippen LogP contribution in [-0.2, 0) is 0 Å². The maximum atomic E-state index is 13.7. The molecule has 5 heteroatoms. The van der Waals surface area contributed by atoms with E-state index < -0.39 is 5.82 Å². The molecular weight excluding hydrogens is 311 g/mol. The molecule has 1 saturated heterocycles. The molecule has 0 bridgehead atoms. The van der Waals surface area contributed by atoms with Gasteiger partial charge in [0, 0.05) is 11.4 Å². The highest BCUT2D eigenvalue weighted by molar-refractivity contribution is 7.10. The lowest BCUT2D eigenvalue weighted by Crippen LogP contribution is -2.40. The summed E-state index contributed by atoms with van der Waals surface area (Å²) in [5, 5.41) is 4.97. The van der Waals surface area contributed by atoms with E-state index in [4.69, 9.17) is 0 Å². The van der Waals surface area contributed by atoms with Crippen molar-refractivity contribution in [2.24, 2.45) is 0 Å². The monoisotopic (exact) mass is 332 g/mol. The molecule has 0 spiro atoms. The third-order valence-electron chi connectivity index (χ3n) is 4.28. The normalized spacial score (nSPS) is 16.9. The standard InChI is InChI=1S/C18H21FN2OS/c19-15-8-3-2-7-14(15)18(22)20-13-16(17-9-6-12-23-17)21-10-4-1-5-11-21/h2-3,6-9,12,16H,1,4-5,10-11,13H2,(H,20,22). The van der Waals surface area contributed by atoms with E-state index in [0.29, 0.717) is 6.54 Å². The van der Waals surface area contributed by atoms with Crippen molar-refractivity contribution in [3.63, 3.8) is 0 Å². The number of halogens is 1. The van der Waals surface area contributed by atoms with E-state index in [1.54, 1.807) is 23.5 Å². The van der Waals surface area contributed by atoms with Crippen molar-refractivity contribution in [1.29, 1.82) is 0 Å². The lowest BCUT2D eigenvalue weighted by atomic mass is 10.1. The predicted octanol–water partition coefficient (Wildman–Crippen LogP) is 3.84. The number of hydrogen-bond donors (Lipinski definition) is 1. The molecule has 2 aromatic rings. The highest BCUT2D eigenvalue weighted by atomic mass is 32.1. The van der Waals surface area contributed by atoms with Crippen LogP contribution in [0.4, 0.5) is 4.39 Å². The fraction of sp³-hybridized carbons (Fsp3) is 0.389. The quantitative estimate of drug-likeness (QED) is 0.902. The number of piperidine rings is 1. The minimum Gasteiger partial charge on any atom is -0.350 e. The van der Waals surface area contributed by atoms with Gasteiger partial charge in [-0.3, -0.25) is 9.69 Å². The molecule has 1 aromatic carbocycles. The topological polar surface area (TPSA) is 32.3 Å². The molecule has 122 valence electrons. The summed E-state index contributed by atoms with van der Waals surface area (Å²) in [6, 6.07) is 10.4. The van der Waals surface area contributed by atoms with Crippen LogP contribution in [-0.4, -0.2) is 30.4 Å². The van der Waals surface area contributed by atoms with E-state index in [0.717, 1.165) is 13.1 Å². The van der Waals surface area contributed by atoms with Gasteiger partial charge >= 0.3 is 0 Å². The summed E-state index contributed by atoms with van der Waals surface area (Å²) in [5.74, 6) is -0.822. The first kappa shape index (κ1) is 16.1. The van der Waals surface area contributed by atoms with Crippen LogP contribution >= 0.6 is 11.3 Å². The molecule has 1 N–H and O–H groups in total. The Hall–Kier alpha value is -1.72. The van der Waals surface area contributed by atoms with E-state index in [1.165, 1.54) is 36.3 Å². The molecule has 1 aliphatic heterocycles. The Labute approximate surface area is 140 Å². The minimum atomic E-state index is -0.476. The maximum absolute atomic E-state index is 13.7. The van der Waals surface area contributed by atoms with E-state index in [-0.39, 0.29) is 17.5 Å². The van der Waals surface area contributed by atoms with Crippen molar-refractivity contribution in [2.75, 3.05) is 19.6 Å².